The molecule has 0 aliphatic rings. The van der Waals surface area contributed by atoms with E-state index in [1.54, 1.807) is 11.3 Å². The standard InChI is InChI=1S/C24H19ClN4S/c1-16-19(14-26-28-24-27-21-11-5-7-13-23(21)30-24)18-9-3-6-12-22(18)29(16)15-17-8-2-4-10-20(17)25/h2-14H,15H2,1H3,(H,27,28)/b26-14-. The van der Waals surface area contributed by atoms with E-state index in [1.165, 1.54) is 0 Å². The summed E-state index contributed by atoms with van der Waals surface area (Å²) >= 11 is 8.01. The average molecular weight is 431 g/mol. The Morgan fingerprint density at radius 1 is 1.03 bits per heavy atom. The monoisotopic (exact) mass is 430 g/mol. The Bertz CT molecular complexity index is 1350. The lowest BCUT2D eigenvalue weighted by Gasteiger charge is -2.10. The number of para-hydroxylation sites is 2. The number of hydrogen-bond donors (Lipinski definition) is 1. The number of anilines is 1. The first-order chi connectivity index (χ1) is 14.7. The summed E-state index contributed by atoms with van der Waals surface area (Å²) in [7, 11) is 0. The Morgan fingerprint density at radius 3 is 2.67 bits per heavy atom. The molecule has 6 heteroatoms. The SMILES string of the molecule is Cc1c(/C=N\Nc2nc3ccccc3s2)c2ccccc2n1Cc1ccccc1Cl. The molecule has 1 N–H and O–H groups in total. The normalized spacial score (nSPS) is 11.7. The van der Waals surface area contributed by atoms with Crippen molar-refractivity contribution >= 4 is 55.4 Å². The van der Waals surface area contributed by atoms with Crippen LogP contribution in [0.2, 0.25) is 5.02 Å². The van der Waals surface area contributed by atoms with Gasteiger partial charge in [-0.15, -0.1) is 0 Å². The van der Waals surface area contributed by atoms with Gasteiger partial charge in [0.15, 0.2) is 0 Å². The summed E-state index contributed by atoms with van der Waals surface area (Å²) in [5.41, 5.74) is 8.56. The molecule has 5 rings (SSSR count). The molecule has 2 aromatic heterocycles. The number of nitrogens with zero attached hydrogens (tertiary/aromatic N) is 3. The molecule has 0 unspecified atom stereocenters. The van der Waals surface area contributed by atoms with Crippen LogP contribution in [0.3, 0.4) is 0 Å². The number of fused-ring (bicyclic) bond motifs is 2. The number of hydrazone groups is 1. The zero-order chi connectivity index (χ0) is 20.5. The molecule has 0 aliphatic carbocycles. The van der Waals surface area contributed by atoms with E-state index in [-0.39, 0.29) is 0 Å². The number of aromatic nitrogens is 2. The van der Waals surface area contributed by atoms with Crippen molar-refractivity contribution in [3.05, 3.63) is 94.6 Å². The second kappa shape index (κ2) is 7.94. The van der Waals surface area contributed by atoms with Crippen LogP contribution in [0, 0.1) is 6.92 Å². The minimum atomic E-state index is 0.713. The Labute approximate surface area is 183 Å². The second-order valence-electron chi connectivity index (χ2n) is 7.05. The van der Waals surface area contributed by atoms with E-state index in [2.05, 4.69) is 63.4 Å². The van der Waals surface area contributed by atoms with Crippen LogP contribution < -0.4 is 5.43 Å². The first kappa shape index (κ1) is 18.9. The predicted molar refractivity (Wildman–Crippen MR) is 128 cm³/mol. The van der Waals surface area contributed by atoms with Crippen molar-refractivity contribution in [3.63, 3.8) is 0 Å². The predicted octanol–water partition coefficient (Wildman–Crippen LogP) is 6.71. The number of halogens is 1. The van der Waals surface area contributed by atoms with Crippen molar-refractivity contribution in [2.24, 2.45) is 5.10 Å². The topological polar surface area (TPSA) is 42.2 Å². The fraction of sp³-hybridized carbons (Fsp3) is 0.0833. The van der Waals surface area contributed by atoms with Gasteiger partial charge < -0.3 is 4.57 Å². The number of rotatable bonds is 5. The van der Waals surface area contributed by atoms with Crippen LogP contribution in [0.4, 0.5) is 5.13 Å². The van der Waals surface area contributed by atoms with Gasteiger partial charge in [-0.1, -0.05) is 71.5 Å². The summed E-state index contributed by atoms with van der Waals surface area (Å²) in [4.78, 5) is 4.57. The van der Waals surface area contributed by atoms with E-state index < -0.39 is 0 Å². The highest BCUT2D eigenvalue weighted by molar-refractivity contribution is 7.22. The molecule has 0 fully saturated rings. The minimum Gasteiger partial charge on any atom is -0.340 e. The second-order valence-corrected chi connectivity index (χ2v) is 8.49. The van der Waals surface area contributed by atoms with Gasteiger partial charge in [-0.3, -0.25) is 5.43 Å². The Balaban J connectivity index is 1.49. The summed E-state index contributed by atoms with van der Waals surface area (Å²) in [5.74, 6) is 0. The number of thiazole rings is 1. The van der Waals surface area contributed by atoms with Crippen LogP contribution in [0.5, 0.6) is 0 Å². The third-order valence-electron chi connectivity index (χ3n) is 5.21. The molecule has 2 heterocycles. The summed E-state index contributed by atoms with van der Waals surface area (Å²) in [5, 5.41) is 7.22. The first-order valence-electron chi connectivity index (χ1n) is 9.66. The van der Waals surface area contributed by atoms with Crippen LogP contribution in [0.1, 0.15) is 16.8 Å². The molecular weight excluding hydrogens is 412 g/mol. The van der Waals surface area contributed by atoms with Crippen LogP contribution >= 0.6 is 22.9 Å². The molecule has 0 saturated carbocycles. The zero-order valence-electron chi connectivity index (χ0n) is 16.3. The third-order valence-corrected chi connectivity index (χ3v) is 6.52. The van der Waals surface area contributed by atoms with Gasteiger partial charge in [-0.25, -0.2) is 4.98 Å². The molecule has 30 heavy (non-hydrogen) atoms. The lowest BCUT2D eigenvalue weighted by atomic mass is 10.1. The molecule has 3 aromatic carbocycles. The number of benzene rings is 3. The highest BCUT2D eigenvalue weighted by atomic mass is 35.5. The maximum atomic E-state index is 6.41. The van der Waals surface area contributed by atoms with Crippen LogP contribution in [0.15, 0.2) is 77.9 Å². The Hall–Kier alpha value is -3.15. The molecule has 0 saturated heterocycles. The Morgan fingerprint density at radius 2 is 1.80 bits per heavy atom. The van der Waals surface area contributed by atoms with Crippen LogP contribution in [0.25, 0.3) is 21.1 Å². The molecule has 0 aliphatic heterocycles. The molecule has 5 aromatic rings. The van der Waals surface area contributed by atoms with Crippen molar-refractivity contribution in [2.45, 2.75) is 13.5 Å². The smallest absolute Gasteiger partial charge is 0.204 e. The third kappa shape index (κ3) is 3.47. The van der Waals surface area contributed by atoms with Gasteiger partial charge in [0.1, 0.15) is 0 Å². The van der Waals surface area contributed by atoms with Gasteiger partial charge in [-0.05, 0) is 36.8 Å². The average Bonchev–Trinajstić information content (AvgIpc) is 3.29. The van der Waals surface area contributed by atoms with Gasteiger partial charge in [-0.2, -0.15) is 5.10 Å². The molecule has 0 bridgehead atoms. The van der Waals surface area contributed by atoms with Gasteiger partial charge in [0.2, 0.25) is 5.13 Å². The van der Waals surface area contributed by atoms with E-state index in [1.807, 2.05) is 42.6 Å². The van der Waals surface area contributed by atoms with E-state index in [0.717, 1.165) is 48.1 Å². The fourth-order valence-electron chi connectivity index (χ4n) is 3.69. The lowest BCUT2D eigenvalue weighted by Crippen LogP contribution is -2.03. The van der Waals surface area contributed by atoms with Gasteiger partial charge in [0.25, 0.3) is 0 Å². The summed E-state index contributed by atoms with van der Waals surface area (Å²) in [6.45, 7) is 2.83. The molecule has 0 amide bonds. The van der Waals surface area contributed by atoms with E-state index >= 15 is 0 Å². The fourth-order valence-corrected chi connectivity index (χ4v) is 4.70. The van der Waals surface area contributed by atoms with Crippen molar-refractivity contribution in [1.82, 2.24) is 9.55 Å². The summed E-state index contributed by atoms with van der Waals surface area (Å²) in [6, 6.07) is 24.4. The van der Waals surface area contributed by atoms with E-state index in [0.29, 0.717) is 6.54 Å². The van der Waals surface area contributed by atoms with E-state index in [9.17, 15) is 0 Å². The van der Waals surface area contributed by atoms with Crippen molar-refractivity contribution in [2.75, 3.05) is 5.43 Å². The first-order valence-corrected chi connectivity index (χ1v) is 10.9. The molecule has 148 valence electrons. The largest absolute Gasteiger partial charge is 0.340 e. The van der Waals surface area contributed by atoms with Crippen LogP contribution in [-0.2, 0) is 6.54 Å². The molecule has 0 atom stereocenters. The molecule has 4 nitrogen and oxygen atoms in total. The maximum Gasteiger partial charge on any atom is 0.204 e. The zero-order valence-corrected chi connectivity index (χ0v) is 17.9. The lowest BCUT2D eigenvalue weighted by molar-refractivity contribution is 0.804. The van der Waals surface area contributed by atoms with Crippen LogP contribution in [-0.4, -0.2) is 15.8 Å². The molecular formula is C24H19ClN4S. The summed E-state index contributed by atoms with van der Waals surface area (Å²) < 4.78 is 3.43. The van der Waals surface area contributed by atoms with Gasteiger partial charge in [0, 0.05) is 33.7 Å². The van der Waals surface area contributed by atoms with Crippen molar-refractivity contribution in [3.8, 4) is 0 Å². The van der Waals surface area contributed by atoms with Gasteiger partial charge >= 0.3 is 0 Å². The minimum absolute atomic E-state index is 0.713. The molecule has 0 radical (unpaired) electrons. The molecule has 0 spiro atoms. The number of hydrogen-bond acceptors (Lipinski definition) is 4. The highest BCUT2D eigenvalue weighted by Crippen LogP contribution is 2.28. The van der Waals surface area contributed by atoms with Crippen molar-refractivity contribution in [1.29, 1.82) is 0 Å². The quantitative estimate of drug-likeness (QED) is 0.249. The van der Waals surface area contributed by atoms with Crippen molar-refractivity contribution < 1.29 is 0 Å². The van der Waals surface area contributed by atoms with E-state index in [4.69, 9.17) is 11.6 Å². The number of nitrogens with one attached hydrogen (secondary N) is 1. The maximum absolute atomic E-state index is 6.41. The highest BCUT2D eigenvalue weighted by Gasteiger charge is 2.13. The van der Waals surface area contributed by atoms with Gasteiger partial charge in [0.05, 0.1) is 16.4 Å². The summed E-state index contributed by atoms with van der Waals surface area (Å²) in [6.07, 6.45) is 1.88. The Kier molecular flexibility index (Phi) is 4.99.